The van der Waals surface area contributed by atoms with Gasteiger partial charge < -0.3 is 10.4 Å². The lowest BCUT2D eigenvalue weighted by Crippen LogP contribution is -2.43. The van der Waals surface area contributed by atoms with Crippen LogP contribution in [0, 0.1) is 0 Å². The van der Waals surface area contributed by atoms with Crippen LogP contribution in [-0.2, 0) is 0 Å². The fourth-order valence-corrected chi connectivity index (χ4v) is 0. The maximum atomic E-state index is 8.27. The van der Waals surface area contributed by atoms with Crippen LogP contribution in [0.25, 0.3) is 0 Å². The molecule has 0 unspecified atom stereocenters. The molecule has 0 heterocycles. The molecule has 4 heteroatoms. The van der Waals surface area contributed by atoms with Gasteiger partial charge in [-0.25, -0.2) is 0 Å². The Morgan fingerprint density at radius 3 is 1.83 bits per heavy atom. The van der Waals surface area contributed by atoms with Crippen LogP contribution < -0.4 is 5.32 Å². The van der Waals surface area contributed by atoms with Crippen molar-refractivity contribution in [1.82, 2.24) is 5.32 Å². The lowest BCUT2D eigenvalue weighted by Gasteiger charge is -2.15. The first-order valence-corrected chi connectivity index (χ1v) is 1.55. The first-order valence-electron chi connectivity index (χ1n) is 1.55. The van der Waals surface area contributed by atoms with Gasteiger partial charge in [0.25, 0.3) is 0 Å². The van der Waals surface area contributed by atoms with Crippen LogP contribution in [0.1, 0.15) is 0 Å². The summed E-state index contributed by atoms with van der Waals surface area (Å²) in [5.74, 6) is 0. The Labute approximate surface area is 39.8 Å². The Balaban J connectivity index is 3.17. The van der Waals surface area contributed by atoms with Gasteiger partial charge in [0.05, 0.1) is 0 Å². The predicted molar refractivity (Wildman–Crippen MR) is 25.5 cm³/mol. The number of hydrogen-bond acceptors (Lipinski definition) is 2. The molecule has 0 saturated carbocycles. The molecule has 0 atom stereocenters. The fourth-order valence-electron chi connectivity index (χ4n) is 0. The van der Waals surface area contributed by atoms with Crippen molar-refractivity contribution in [2.24, 2.45) is 0 Å². The summed E-state index contributed by atoms with van der Waals surface area (Å²) in [4.78, 5) is 0. The van der Waals surface area contributed by atoms with E-state index in [9.17, 15) is 0 Å². The first-order chi connectivity index (χ1) is 2.56. The molecule has 0 aliphatic carbocycles. The van der Waals surface area contributed by atoms with Crippen molar-refractivity contribution in [3.63, 3.8) is 0 Å². The number of hydrogen-bond donors (Lipinski definition) is 2. The van der Waals surface area contributed by atoms with Gasteiger partial charge in [-0.2, -0.15) is 0 Å². The van der Waals surface area contributed by atoms with E-state index in [0.29, 0.717) is 0 Å². The SMILES string of the molecule is [B]C([B])(O)NC. The van der Waals surface area contributed by atoms with E-state index in [0.717, 1.165) is 0 Å². The molecule has 0 amide bonds. The van der Waals surface area contributed by atoms with Crippen molar-refractivity contribution in [2.75, 3.05) is 7.05 Å². The van der Waals surface area contributed by atoms with Crippen molar-refractivity contribution in [3.05, 3.63) is 0 Å². The highest BCUT2D eigenvalue weighted by Crippen LogP contribution is 1.75. The van der Waals surface area contributed by atoms with Crippen molar-refractivity contribution < 1.29 is 5.11 Å². The zero-order valence-corrected chi connectivity index (χ0v) is 3.60. The van der Waals surface area contributed by atoms with Gasteiger partial charge in [0.2, 0.25) is 0 Å². The molecule has 0 aromatic carbocycles. The second-order valence-electron chi connectivity index (χ2n) is 1.08. The van der Waals surface area contributed by atoms with E-state index >= 15 is 0 Å². The molecule has 2 N–H and O–H groups in total. The molecule has 30 valence electrons. The highest BCUT2D eigenvalue weighted by molar-refractivity contribution is 6.38. The van der Waals surface area contributed by atoms with Crippen LogP contribution in [0.15, 0.2) is 0 Å². The van der Waals surface area contributed by atoms with E-state index in [1.54, 1.807) is 0 Å². The Kier molecular flexibility index (Phi) is 1.68. The molecule has 0 spiro atoms. The summed E-state index contributed by atoms with van der Waals surface area (Å²) in [6.45, 7) is 0. The van der Waals surface area contributed by atoms with Gasteiger partial charge in [-0.3, -0.25) is 0 Å². The summed E-state index contributed by atoms with van der Waals surface area (Å²) in [6, 6.07) is 0. The summed E-state index contributed by atoms with van der Waals surface area (Å²) in [6.07, 6.45) is 0. The van der Waals surface area contributed by atoms with Crippen LogP contribution >= 0.6 is 0 Å². The van der Waals surface area contributed by atoms with Gasteiger partial charge in [0.1, 0.15) is 15.7 Å². The first kappa shape index (κ1) is 6.05. The Hall–Kier alpha value is 0.0499. The fraction of sp³-hybridized carbons (Fsp3) is 1.00. The van der Waals surface area contributed by atoms with Gasteiger partial charge in [-0.05, 0) is 7.05 Å². The van der Waals surface area contributed by atoms with Gasteiger partial charge in [0, 0.05) is 5.52 Å². The molecule has 0 aliphatic rings. The summed E-state index contributed by atoms with van der Waals surface area (Å²) in [5.41, 5.74) is -1.71. The third-order valence-electron chi connectivity index (χ3n) is 0.400. The largest absolute Gasteiger partial charge is 0.395 e. The molecule has 0 fully saturated rings. The Morgan fingerprint density at radius 2 is 1.83 bits per heavy atom. The molecular formula is C2H5B2NO. The van der Waals surface area contributed by atoms with Crippen LogP contribution in [0.5, 0.6) is 0 Å². The molecule has 2 nitrogen and oxygen atoms in total. The lowest BCUT2D eigenvalue weighted by molar-refractivity contribution is 0.185. The summed E-state index contributed by atoms with van der Waals surface area (Å²) >= 11 is 0. The van der Waals surface area contributed by atoms with Gasteiger partial charge in [-0.15, -0.1) is 0 Å². The molecule has 0 aromatic rings. The van der Waals surface area contributed by atoms with Crippen LogP contribution in [0.4, 0.5) is 0 Å². The van der Waals surface area contributed by atoms with Crippen molar-refractivity contribution in [3.8, 4) is 0 Å². The average Bonchev–Trinajstić information content (AvgIpc) is 1.35. The summed E-state index contributed by atoms with van der Waals surface area (Å²) in [5, 5.41) is 10.5. The predicted octanol–water partition coefficient (Wildman–Crippen LogP) is -1.85. The van der Waals surface area contributed by atoms with E-state index in [4.69, 9.17) is 20.8 Å². The molecule has 0 rings (SSSR count). The van der Waals surface area contributed by atoms with Crippen molar-refractivity contribution in [1.29, 1.82) is 0 Å². The number of rotatable bonds is 1. The highest BCUT2D eigenvalue weighted by atomic mass is 16.3. The van der Waals surface area contributed by atoms with Gasteiger partial charge >= 0.3 is 0 Å². The number of nitrogens with one attached hydrogen (secondary N) is 1. The molecule has 6 heavy (non-hydrogen) atoms. The molecular weight excluding hydrogens is 75.7 g/mol. The summed E-state index contributed by atoms with van der Waals surface area (Å²) < 4.78 is 0. The lowest BCUT2D eigenvalue weighted by atomic mass is 9.74. The Morgan fingerprint density at radius 1 is 1.67 bits per heavy atom. The average molecular weight is 80.7 g/mol. The van der Waals surface area contributed by atoms with E-state index in [2.05, 4.69) is 5.32 Å². The van der Waals surface area contributed by atoms with E-state index in [1.807, 2.05) is 0 Å². The van der Waals surface area contributed by atoms with Crippen LogP contribution in [0.2, 0.25) is 0 Å². The third kappa shape index (κ3) is 4.05. The van der Waals surface area contributed by atoms with E-state index in [-0.39, 0.29) is 0 Å². The van der Waals surface area contributed by atoms with E-state index < -0.39 is 5.52 Å². The zero-order valence-electron chi connectivity index (χ0n) is 3.60. The second kappa shape index (κ2) is 1.67. The minimum Gasteiger partial charge on any atom is -0.395 e. The summed E-state index contributed by atoms with van der Waals surface area (Å²) in [7, 11) is 11.0. The molecule has 0 aromatic heterocycles. The Bertz CT molecular complexity index is 41.3. The topological polar surface area (TPSA) is 32.3 Å². The molecule has 0 saturated heterocycles. The van der Waals surface area contributed by atoms with Crippen LogP contribution in [-0.4, -0.2) is 33.4 Å². The quantitative estimate of drug-likeness (QED) is 0.286. The standard InChI is InChI=1S/C2H5B2NO/c1-5-2(3,4)6/h5-6H,1H3. The second-order valence-corrected chi connectivity index (χ2v) is 1.08. The van der Waals surface area contributed by atoms with Crippen molar-refractivity contribution >= 4 is 15.7 Å². The zero-order chi connectivity index (χ0) is 5.21. The minimum absolute atomic E-state index is 1.46. The maximum Gasteiger partial charge on any atom is 0.120 e. The molecule has 0 bridgehead atoms. The molecule has 4 radical (unpaired) electrons. The monoisotopic (exact) mass is 81.1 g/mol. The van der Waals surface area contributed by atoms with E-state index in [1.165, 1.54) is 7.05 Å². The maximum absolute atomic E-state index is 8.27. The van der Waals surface area contributed by atoms with Gasteiger partial charge in [0.15, 0.2) is 0 Å². The minimum atomic E-state index is -1.71. The third-order valence-corrected chi connectivity index (χ3v) is 0.400. The molecule has 0 aliphatic heterocycles. The number of aliphatic hydroxyl groups is 1. The van der Waals surface area contributed by atoms with Crippen molar-refractivity contribution in [2.45, 2.75) is 5.52 Å². The van der Waals surface area contributed by atoms with Crippen LogP contribution in [0.3, 0.4) is 0 Å². The normalized spacial score (nSPS) is 11.7. The van der Waals surface area contributed by atoms with Gasteiger partial charge in [-0.1, -0.05) is 0 Å². The highest BCUT2D eigenvalue weighted by Gasteiger charge is 2.03. The smallest absolute Gasteiger partial charge is 0.120 e.